The molecule has 0 saturated carbocycles. The fourth-order valence-electron chi connectivity index (χ4n) is 0.144. The molecule has 0 heterocycles. The summed E-state index contributed by atoms with van der Waals surface area (Å²) in [5.41, 5.74) is 0. The van der Waals surface area contributed by atoms with Crippen molar-refractivity contribution in [2.24, 2.45) is 0 Å². The molecular formula is C4H8O. The van der Waals surface area contributed by atoms with E-state index < -0.39 is 0 Å². The first-order chi connectivity index (χ1) is 2.41. The molecule has 0 unspecified atom stereocenters. The fourth-order valence-corrected chi connectivity index (χ4v) is 0.144. The van der Waals surface area contributed by atoms with Gasteiger partial charge in [-0.1, -0.05) is 0 Å². The zero-order valence-electron chi connectivity index (χ0n) is 3.62. The third-order valence-electron chi connectivity index (χ3n) is 0.289. The molecule has 1 heteroatoms. The van der Waals surface area contributed by atoms with Crippen molar-refractivity contribution in [2.75, 3.05) is 6.61 Å². The minimum absolute atomic E-state index is 0.733. The van der Waals surface area contributed by atoms with Crippen LogP contribution in [0.2, 0.25) is 0 Å². The molecule has 1 nitrogen and oxygen atoms in total. The van der Waals surface area contributed by atoms with Gasteiger partial charge in [-0.25, -0.2) is 0 Å². The van der Waals surface area contributed by atoms with Gasteiger partial charge in [0.15, 0.2) is 0 Å². The first-order valence-corrected chi connectivity index (χ1v) is 1.70. The molecule has 2 radical (unpaired) electrons. The van der Waals surface area contributed by atoms with E-state index in [-0.39, 0.29) is 0 Å². The Bertz CT molecular complexity index is 11.1. The zero-order valence-corrected chi connectivity index (χ0v) is 3.62. The maximum Gasteiger partial charge on any atom is 0.128 e. The fraction of sp³-hybridized carbons (Fsp3) is 0.750. The van der Waals surface area contributed by atoms with E-state index in [0.717, 1.165) is 6.61 Å². The van der Waals surface area contributed by atoms with E-state index in [1.165, 1.54) is 0 Å². The van der Waals surface area contributed by atoms with E-state index in [9.17, 15) is 0 Å². The number of rotatable bonds is 2. The Morgan fingerprint density at radius 2 is 2.40 bits per heavy atom. The number of ether oxygens (including phenoxy) is 1. The Balaban J connectivity index is 2.19. The van der Waals surface area contributed by atoms with Gasteiger partial charge in [-0.15, -0.1) is 0 Å². The van der Waals surface area contributed by atoms with Gasteiger partial charge in [0.2, 0.25) is 0 Å². The summed E-state index contributed by atoms with van der Waals surface area (Å²) in [6, 6.07) is 0. The molecule has 0 N–H and O–H groups in total. The largest absolute Gasteiger partial charge is 0.369 e. The maximum atomic E-state index is 4.58. The highest BCUT2D eigenvalue weighted by Crippen LogP contribution is 1.72. The van der Waals surface area contributed by atoms with Crippen molar-refractivity contribution in [3.63, 3.8) is 0 Å². The Kier molecular flexibility index (Phi) is 3.93. The molecule has 0 aromatic rings. The minimum atomic E-state index is 0.733. The summed E-state index contributed by atoms with van der Waals surface area (Å²) in [5, 5.41) is 0. The molecule has 0 aromatic heterocycles. The summed E-state index contributed by atoms with van der Waals surface area (Å²) in [6.07, 6.45) is 0. The van der Waals surface area contributed by atoms with Crippen LogP contribution in [0.5, 0.6) is 0 Å². The average Bonchev–Trinajstić information content (AvgIpc) is 1.41. The van der Waals surface area contributed by atoms with Crippen LogP contribution < -0.4 is 0 Å². The summed E-state index contributed by atoms with van der Waals surface area (Å²) in [7, 11) is 0. The van der Waals surface area contributed by atoms with Gasteiger partial charge in [-0.3, -0.25) is 0 Å². The van der Waals surface area contributed by atoms with Gasteiger partial charge in [0.25, 0.3) is 0 Å². The molecule has 30 valence electrons. The van der Waals surface area contributed by atoms with E-state index in [1.54, 1.807) is 6.92 Å². The highest BCUT2D eigenvalue weighted by atomic mass is 16.5. The van der Waals surface area contributed by atoms with Crippen LogP contribution in [0.4, 0.5) is 0 Å². The molecule has 0 amide bonds. The van der Waals surface area contributed by atoms with Crippen molar-refractivity contribution in [1.29, 1.82) is 0 Å². The molecular weight excluding hydrogens is 64.0 g/mol. The molecule has 0 fully saturated rings. The molecule has 0 aliphatic carbocycles. The van der Waals surface area contributed by atoms with E-state index in [4.69, 9.17) is 0 Å². The molecule has 5 heavy (non-hydrogen) atoms. The summed E-state index contributed by atoms with van der Waals surface area (Å²) >= 11 is 0. The lowest BCUT2D eigenvalue weighted by Gasteiger charge is -1.83. The maximum absolute atomic E-state index is 4.58. The van der Waals surface area contributed by atoms with Gasteiger partial charge in [-0.2, -0.15) is 0 Å². The Labute approximate surface area is 32.9 Å². The summed E-state index contributed by atoms with van der Waals surface area (Å²) < 4.78 is 4.58. The van der Waals surface area contributed by atoms with Crippen LogP contribution in [0.1, 0.15) is 13.8 Å². The highest BCUT2D eigenvalue weighted by Gasteiger charge is 1.66. The predicted octanol–water partition coefficient (Wildman–Crippen LogP) is 1.08. The normalized spacial score (nSPS) is 8.40. The first kappa shape index (κ1) is 4.96. The smallest absolute Gasteiger partial charge is 0.128 e. The minimum Gasteiger partial charge on any atom is -0.369 e. The summed E-state index contributed by atoms with van der Waals surface area (Å²) in [5.74, 6) is 0. The van der Waals surface area contributed by atoms with Crippen LogP contribution in [0.15, 0.2) is 0 Å². The van der Waals surface area contributed by atoms with Gasteiger partial charge < -0.3 is 4.74 Å². The van der Waals surface area contributed by atoms with Gasteiger partial charge in [-0.05, 0) is 13.8 Å². The zero-order chi connectivity index (χ0) is 4.12. The summed E-state index contributed by atoms with van der Waals surface area (Å²) in [6.45, 7) is 6.92. The lowest BCUT2D eigenvalue weighted by Crippen LogP contribution is -1.77. The third-order valence-corrected chi connectivity index (χ3v) is 0.289. The molecule has 0 aliphatic rings. The molecule has 0 rings (SSSR count). The Morgan fingerprint density at radius 1 is 1.80 bits per heavy atom. The molecule has 0 aromatic carbocycles. The summed E-state index contributed by atoms with van der Waals surface area (Å²) in [4.78, 5) is 0. The quantitative estimate of drug-likeness (QED) is 0.474. The second-order valence-corrected chi connectivity index (χ2v) is 0.637. The van der Waals surface area contributed by atoms with Crippen LogP contribution in [-0.2, 0) is 4.74 Å². The second kappa shape index (κ2) is 3.96. The molecule has 0 spiro atoms. The van der Waals surface area contributed by atoms with Crippen LogP contribution >= 0.6 is 0 Å². The molecule has 0 atom stereocenters. The topological polar surface area (TPSA) is 9.23 Å². The lowest BCUT2D eigenvalue weighted by atomic mass is 10.8. The first-order valence-electron chi connectivity index (χ1n) is 1.70. The van der Waals surface area contributed by atoms with Gasteiger partial charge in [0.05, 0.1) is 0 Å². The molecule has 0 saturated heterocycles. The van der Waals surface area contributed by atoms with Gasteiger partial charge >= 0.3 is 0 Å². The van der Waals surface area contributed by atoms with E-state index in [1.807, 2.05) is 6.92 Å². The molecule has 0 bridgehead atoms. The predicted molar refractivity (Wildman–Crippen MR) is 20.5 cm³/mol. The van der Waals surface area contributed by atoms with Crippen molar-refractivity contribution in [3.05, 3.63) is 6.61 Å². The van der Waals surface area contributed by atoms with Crippen LogP contribution in [0.25, 0.3) is 0 Å². The Morgan fingerprint density at radius 3 is 2.40 bits per heavy atom. The van der Waals surface area contributed by atoms with Gasteiger partial charge in [0, 0.05) is 6.61 Å². The standard InChI is InChI=1S/C4H8O/c1-3-5-4-2/h3H2,1-2H3. The molecule has 0 aliphatic heterocycles. The van der Waals surface area contributed by atoms with E-state index >= 15 is 0 Å². The van der Waals surface area contributed by atoms with E-state index in [2.05, 4.69) is 11.3 Å². The SMILES string of the molecule is C[C]OCC. The van der Waals surface area contributed by atoms with Crippen molar-refractivity contribution >= 4 is 0 Å². The van der Waals surface area contributed by atoms with Crippen molar-refractivity contribution in [1.82, 2.24) is 0 Å². The van der Waals surface area contributed by atoms with Crippen molar-refractivity contribution in [2.45, 2.75) is 13.8 Å². The number of hydrogen-bond donors (Lipinski definition) is 0. The van der Waals surface area contributed by atoms with Gasteiger partial charge in [0.1, 0.15) is 6.61 Å². The van der Waals surface area contributed by atoms with E-state index in [0.29, 0.717) is 0 Å². The van der Waals surface area contributed by atoms with Crippen molar-refractivity contribution in [3.8, 4) is 0 Å². The van der Waals surface area contributed by atoms with Crippen molar-refractivity contribution < 1.29 is 4.74 Å². The third kappa shape index (κ3) is 3.96. The Hall–Kier alpha value is -0.0400. The lowest BCUT2D eigenvalue weighted by molar-refractivity contribution is 0.221. The average molecular weight is 72.1 g/mol. The number of hydrogen-bond acceptors (Lipinski definition) is 1. The second-order valence-electron chi connectivity index (χ2n) is 0.637. The van der Waals surface area contributed by atoms with Crippen LogP contribution in [0, 0.1) is 6.61 Å². The van der Waals surface area contributed by atoms with Crippen LogP contribution in [0.3, 0.4) is 0 Å². The highest BCUT2D eigenvalue weighted by molar-refractivity contribution is 4.28. The monoisotopic (exact) mass is 72.1 g/mol. The van der Waals surface area contributed by atoms with Crippen LogP contribution in [-0.4, -0.2) is 6.61 Å².